The van der Waals surface area contributed by atoms with E-state index in [4.69, 9.17) is 24.3 Å². The van der Waals surface area contributed by atoms with Gasteiger partial charge in [0, 0.05) is 38.1 Å². The zero-order valence-electron chi connectivity index (χ0n) is 26.0. The van der Waals surface area contributed by atoms with Crippen LogP contribution in [0, 0.1) is 10.1 Å². The fraction of sp³-hybridized carbons (Fsp3) is 0.414. The number of aliphatic hydroxyl groups is 1. The third kappa shape index (κ3) is 8.97. The summed E-state index contributed by atoms with van der Waals surface area (Å²) < 4.78 is 52.1. The molecule has 0 amide bonds. The Hall–Kier alpha value is -4.25. The van der Waals surface area contributed by atoms with Gasteiger partial charge in [0.2, 0.25) is 0 Å². The molecule has 0 bridgehead atoms. The molecule has 0 aliphatic carbocycles. The molecule has 2 aromatic carbocycles. The molecule has 0 radical (unpaired) electrons. The third-order valence-electron chi connectivity index (χ3n) is 7.25. The van der Waals surface area contributed by atoms with E-state index in [1.807, 2.05) is 31.1 Å². The molecule has 16 nitrogen and oxygen atoms in total. The van der Waals surface area contributed by atoms with Gasteiger partial charge < -0.3 is 25.2 Å². The van der Waals surface area contributed by atoms with Crippen LogP contribution in [0.15, 0.2) is 65.6 Å². The van der Waals surface area contributed by atoms with Gasteiger partial charge in [-0.05, 0) is 55.3 Å². The van der Waals surface area contributed by atoms with Crippen LogP contribution in [0.25, 0.3) is 0 Å². The number of ether oxygens (including phenoxy) is 2. The first-order chi connectivity index (χ1) is 22.2. The van der Waals surface area contributed by atoms with Crippen molar-refractivity contribution in [2.45, 2.75) is 57.2 Å². The first-order valence-electron chi connectivity index (χ1n) is 14.4. The summed E-state index contributed by atoms with van der Waals surface area (Å²) in [6.07, 6.45) is -6.50. The SMILES string of the molecule is CC(OC(=O)[C@H](C)NP(=O)(OCc1ccc(N(C)C)cc1)OCC1OC(n2ccc(N)nc2=O)C(F)C1O)c1ccc([N+](=O)[O-])cc1. The molecule has 2 heterocycles. The molecule has 18 heteroatoms. The first kappa shape index (κ1) is 35.6. The van der Waals surface area contributed by atoms with Crippen LogP contribution in [0.3, 0.4) is 0 Å². The number of non-ortho nitro benzene ring substituents is 1. The van der Waals surface area contributed by atoms with E-state index in [0.29, 0.717) is 11.1 Å². The number of aliphatic hydroxyl groups excluding tert-OH is 1. The summed E-state index contributed by atoms with van der Waals surface area (Å²) in [5.74, 6) is -0.940. The summed E-state index contributed by atoms with van der Waals surface area (Å²) in [5.41, 5.74) is 6.45. The predicted octanol–water partition coefficient (Wildman–Crippen LogP) is 3.02. The minimum Gasteiger partial charge on any atom is -0.457 e. The maximum atomic E-state index is 15.1. The predicted molar refractivity (Wildman–Crippen MR) is 167 cm³/mol. The Morgan fingerprint density at radius 3 is 2.45 bits per heavy atom. The third-order valence-corrected chi connectivity index (χ3v) is 8.92. The number of nitro groups is 1. The quantitative estimate of drug-likeness (QED) is 0.0969. The van der Waals surface area contributed by atoms with Crippen molar-refractivity contribution in [1.29, 1.82) is 0 Å². The van der Waals surface area contributed by atoms with Crippen molar-refractivity contribution in [2.24, 2.45) is 0 Å². The summed E-state index contributed by atoms with van der Waals surface area (Å²) in [6.45, 7) is 2.01. The zero-order chi connectivity index (χ0) is 34.5. The Kier molecular flexibility index (Phi) is 11.4. The molecule has 4 N–H and O–H groups in total. The lowest BCUT2D eigenvalue weighted by Crippen LogP contribution is -2.36. The number of anilines is 2. The van der Waals surface area contributed by atoms with Gasteiger partial charge in [0.15, 0.2) is 12.4 Å². The van der Waals surface area contributed by atoms with Crippen LogP contribution in [0.1, 0.15) is 37.3 Å². The number of aromatic nitrogens is 2. The fourth-order valence-electron chi connectivity index (χ4n) is 4.52. The lowest BCUT2D eigenvalue weighted by molar-refractivity contribution is -0.384. The van der Waals surface area contributed by atoms with Crippen LogP contribution in [0.5, 0.6) is 0 Å². The average Bonchev–Trinajstić information content (AvgIpc) is 3.31. The zero-order valence-corrected chi connectivity index (χ0v) is 26.9. The Bertz CT molecular complexity index is 1660. The van der Waals surface area contributed by atoms with E-state index in [-0.39, 0.29) is 18.1 Å². The number of nitrogens with zero attached hydrogens (tertiary/aromatic N) is 4. The van der Waals surface area contributed by atoms with Crippen molar-refractivity contribution < 1.29 is 42.3 Å². The molecule has 1 aliphatic heterocycles. The van der Waals surface area contributed by atoms with E-state index in [1.54, 1.807) is 19.1 Å². The highest BCUT2D eigenvalue weighted by Crippen LogP contribution is 2.46. The van der Waals surface area contributed by atoms with Crippen molar-refractivity contribution in [2.75, 3.05) is 31.3 Å². The van der Waals surface area contributed by atoms with E-state index in [0.717, 1.165) is 10.3 Å². The molecule has 1 aliphatic rings. The fourth-order valence-corrected chi connectivity index (χ4v) is 5.98. The maximum Gasteiger partial charge on any atom is 0.406 e. The molecule has 4 rings (SSSR count). The number of carbonyl (C=O) groups excluding carboxylic acids is 1. The minimum atomic E-state index is -4.41. The van der Waals surface area contributed by atoms with Gasteiger partial charge in [0.1, 0.15) is 30.2 Å². The molecule has 47 heavy (non-hydrogen) atoms. The van der Waals surface area contributed by atoms with Gasteiger partial charge in [-0.2, -0.15) is 4.98 Å². The normalized spacial score (nSPS) is 21.8. The summed E-state index contributed by atoms with van der Waals surface area (Å²) in [7, 11) is -0.677. The van der Waals surface area contributed by atoms with Crippen LogP contribution in [-0.2, 0) is 34.5 Å². The second-order valence-electron chi connectivity index (χ2n) is 10.9. The smallest absolute Gasteiger partial charge is 0.406 e. The molecule has 6 unspecified atom stereocenters. The van der Waals surface area contributed by atoms with Crippen LogP contribution >= 0.6 is 7.75 Å². The van der Waals surface area contributed by atoms with E-state index in [9.17, 15) is 29.4 Å². The van der Waals surface area contributed by atoms with Crippen LogP contribution in [-0.4, -0.2) is 70.7 Å². The largest absolute Gasteiger partial charge is 0.457 e. The number of hydrogen-bond acceptors (Lipinski definition) is 13. The molecule has 1 fully saturated rings. The number of nitrogens with one attached hydrogen (secondary N) is 1. The number of benzene rings is 2. The number of rotatable bonds is 14. The topological polar surface area (TPSA) is 211 Å². The van der Waals surface area contributed by atoms with Gasteiger partial charge in [-0.1, -0.05) is 12.1 Å². The Labute approximate surface area is 268 Å². The average molecular weight is 679 g/mol. The van der Waals surface area contributed by atoms with E-state index >= 15 is 4.39 Å². The van der Waals surface area contributed by atoms with Gasteiger partial charge in [-0.25, -0.2) is 18.8 Å². The lowest BCUT2D eigenvalue weighted by Gasteiger charge is -2.25. The van der Waals surface area contributed by atoms with Crippen LogP contribution < -0.4 is 21.4 Å². The maximum absolute atomic E-state index is 15.1. The van der Waals surface area contributed by atoms with E-state index in [2.05, 4.69) is 10.1 Å². The minimum absolute atomic E-state index is 0.0876. The van der Waals surface area contributed by atoms with Gasteiger partial charge in [0.05, 0.1) is 18.1 Å². The number of nitrogens with two attached hydrogens (primary N) is 1. The number of nitro benzene ring substituents is 1. The van der Waals surface area contributed by atoms with Crippen molar-refractivity contribution in [3.8, 4) is 0 Å². The second kappa shape index (κ2) is 15.1. The van der Waals surface area contributed by atoms with E-state index in [1.165, 1.54) is 43.5 Å². The Morgan fingerprint density at radius 1 is 1.19 bits per heavy atom. The highest BCUT2D eigenvalue weighted by atomic mass is 31.2. The number of hydrogen-bond donors (Lipinski definition) is 3. The highest BCUT2D eigenvalue weighted by molar-refractivity contribution is 7.51. The lowest BCUT2D eigenvalue weighted by atomic mass is 10.1. The van der Waals surface area contributed by atoms with Crippen LogP contribution in [0.4, 0.5) is 21.6 Å². The Balaban J connectivity index is 1.47. The number of alkyl halides is 1. The summed E-state index contributed by atoms with van der Waals surface area (Å²) in [4.78, 5) is 41.0. The number of carbonyl (C=O) groups is 1. The molecular weight excluding hydrogens is 642 g/mol. The number of nitrogen functional groups attached to an aromatic ring is 1. The second-order valence-corrected chi connectivity index (χ2v) is 12.7. The molecule has 0 spiro atoms. The molecule has 0 saturated carbocycles. The molecule has 254 valence electrons. The molecular formula is C29H36FN6O10P. The molecule has 3 aromatic rings. The highest BCUT2D eigenvalue weighted by Gasteiger charge is 2.47. The summed E-state index contributed by atoms with van der Waals surface area (Å²) in [5, 5.41) is 24.0. The monoisotopic (exact) mass is 678 g/mol. The molecule has 1 aromatic heterocycles. The van der Waals surface area contributed by atoms with E-state index < -0.39 is 67.7 Å². The van der Waals surface area contributed by atoms with Gasteiger partial charge in [-0.3, -0.25) is 28.5 Å². The van der Waals surface area contributed by atoms with Gasteiger partial charge >= 0.3 is 19.4 Å². The Morgan fingerprint density at radius 2 is 1.85 bits per heavy atom. The van der Waals surface area contributed by atoms with Gasteiger partial charge in [0.25, 0.3) is 5.69 Å². The first-order valence-corrected chi connectivity index (χ1v) is 15.9. The number of esters is 1. The molecule has 1 saturated heterocycles. The van der Waals surface area contributed by atoms with Crippen molar-refractivity contribution in [3.63, 3.8) is 0 Å². The summed E-state index contributed by atoms with van der Waals surface area (Å²) >= 11 is 0. The standard InChI is InChI=1S/C29H36FN6O10P/c1-17(28(38)45-18(2)20-7-11-22(12-8-20)36(40)41)33-47(42,43-15-19-5-9-21(10-6-19)34(3)4)44-16-23-26(37)25(30)27(46-23)35-14-13-24(31)32-29(35)39/h5-14,17-18,23,25-27,37H,15-16H2,1-4H3,(H,33,42)(H2,31,32,39)/t17-,18?,23?,25?,26?,27?,47?/m0/s1. The number of halogens is 1. The van der Waals surface area contributed by atoms with Crippen molar-refractivity contribution in [3.05, 3.63) is 92.5 Å². The van der Waals surface area contributed by atoms with Crippen LogP contribution in [0.2, 0.25) is 0 Å². The molecule has 7 atom stereocenters. The van der Waals surface area contributed by atoms with Crippen molar-refractivity contribution >= 4 is 30.9 Å². The van der Waals surface area contributed by atoms with Crippen molar-refractivity contribution in [1.82, 2.24) is 14.6 Å². The summed E-state index contributed by atoms with van der Waals surface area (Å²) in [6, 6.07) is 12.5. The van der Waals surface area contributed by atoms with Gasteiger partial charge in [-0.15, -0.1) is 0 Å².